The van der Waals surface area contributed by atoms with E-state index in [4.69, 9.17) is 11.5 Å². The first kappa shape index (κ1) is 15.9. The SMILES string of the molecule is C#CCC(CC)NS(=O)(=O)N(C)CCC(=O)O. The zero-order valence-corrected chi connectivity index (χ0v) is 10.8. The molecular weight excluding hydrogens is 244 g/mol. The molecule has 0 bridgehead atoms. The minimum atomic E-state index is -3.67. The molecule has 17 heavy (non-hydrogen) atoms. The highest BCUT2D eigenvalue weighted by atomic mass is 32.2. The summed E-state index contributed by atoms with van der Waals surface area (Å²) < 4.78 is 26.9. The van der Waals surface area contributed by atoms with Gasteiger partial charge in [0.1, 0.15) is 0 Å². The zero-order chi connectivity index (χ0) is 13.5. The maximum absolute atomic E-state index is 11.7. The lowest BCUT2D eigenvalue weighted by Crippen LogP contribution is -2.44. The topological polar surface area (TPSA) is 86.7 Å². The van der Waals surface area contributed by atoms with Crippen molar-refractivity contribution in [3.05, 3.63) is 0 Å². The van der Waals surface area contributed by atoms with Crippen molar-refractivity contribution in [3.8, 4) is 12.3 Å². The van der Waals surface area contributed by atoms with E-state index in [1.54, 1.807) is 0 Å². The molecule has 0 aliphatic rings. The van der Waals surface area contributed by atoms with Crippen LogP contribution >= 0.6 is 0 Å². The largest absolute Gasteiger partial charge is 0.481 e. The number of carboxylic acid groups (broad SMARTS) is 1. The van der Waals surface area contributed by atoms with Gasteiger partial charge in [0.25, 0.3) is 10.2 Å². The van der Waals surface area contributed by atoms with Crippen LogP contribution in [0.4, 0.5) is 0 Å². The second kappa shape index (κ2) is 7.27. The first-order valence-corrected chi connectivity index (χ1v) is 6.66. The van der Waals surface area contributed by atoms with E-state index in [1.807, 2.05) is 6.92 Å². The molecule has 6 nitrogen and oxygen atoms in total. The third kappa shape index (κ3) is 6.26. The average Bonchev–Trinajstić information content (AvgIpc) is 2.24. The van der Waals surface area contributed by atoms with Gasteiger partial charge in [-0.3, -0.25) is 4.79 Å². The summed E-state index contributed by atoms with van der Waals surface area (Å²) >= 11 is 0. The van der Waals surface area contributed by atoms with Gasteiger partial charge in [-0.15, -0.1) is 12.3 Å². The summed E-state index contributed by atoms with van der Waals surface area (Å²) in [6, 6.07) is -0.322. The molecule has 0 saturated heterocycles. The first-order valence-electron chi connectivity index (χ1n) is 5.22. The van der Waals surface area contributed by atoms with Crippen molar-refractivity contribution < 1.29 is 18.3 Å². The maximum atomic E-state index is 11.7. The summed E-state index contributed by atoms with van der Waals surface area (Å²) in [6.07, 6.45) is 5.78. The van der Waals surface area contributed by atoms with Gasteiger partial charge in [0.2, 0.25) is 0 Å². The highest BCUT2D eigenvalue weighted by Gasteiger charge is 2.21. The zero-order valence-electron chi connectivity index (χ0n) is 10.0. The molecule has 0 fully saturated rings. The van der Waals surface area contributed by atoms with Crippen LogP contribution in [0.2, 0.25) is 0 Å². The van der Waals surface area contributed by atoms with Crippen LogP contribution < -0.4 is 4.72 Å². The van der Waals surface area contributed by atoms with Gasteiger partial charge in [-0.2, -0.15) is 17.4 Å². The smallest absolute Gasteiger partial charge is 0.304 e. The molecule has 0 heterocycles. The van der Waals surface area contributed by atoms with E-state index in [1.165, 1.54) is 7.05 Å². The van der Waals surface area contributed by atoms with Gasteiger partial charge in [0.05, 0.1) is 6.42 Å². The fourth-order valence-corrected chi connectivity index (χ4v) is 2.27. The van der Waals surface area contributed by atoms with Crippen molar-refractivity contribution in [1.29, 1.82) is 0 Å². The summed E-state index contributed by atoms with van der Waals surface area (Å²) in [5.74, 6) is 1.35. The molecule has 0 aromatic rings. The van der Waals surface area contributed by atoms with Gasteiger partial charge in [-0.1, -0.05) is 6.92 Å². The van der Waals surface area contributed by atoms with E-state index in [2.05, 4.69) is 10.6 Å². The lowest BCUT2D eigenvalue weighted by Gasteiger charge is -2.20. The van der Waals surface area contributed by atoms with E-state index < -0.39 is 16.2 Å². The number of hydrogen-bond acceptors (Lipinski definition) is 3. The quantitative estimate of drug-likeness (QED) is 0.604. The van der Waals surface area contributed by atoms with E-state index in [0.29, 0.717) is 12.8 Å². The summed E-state index contributed by atoms with van der Waals surface area (Å²) in [5, 5.41) is 8.47. The number of nitrogens with one attached hydrogen (secondary N) is 1. The van der Waals surface area contributed by atoms with Gasteiger partial charge in [-0.05, 0) is 6.42 Å². The van der Waals surface area contributed by atoms with Crippen LogP contribution in [0.5, 0.6) is 0 Å². The van der Waals surface area contributed by atoms with Crippen LogP contribution in [0.1, 0.15) is 26.2 Å². The van der Waals surface area contributed by atoms with E-state index >= 15 is 0 Å². The van der Waals surface area contributed by atoms with Crippen molar-refractivity contribution >= 4 is 16.2 Å². The molecule has 0 aliphatic heterocycles. The molecule has 1 unspecified atom stereocenters. The molecule has 2 N–H and O–H groups in total. The first-order chi connectivity index (χ1) is 7.83. The van der Waals surface area contributed by atoms with Crippen LogP contribution in [0.3, 0.4) is 0 Å². The number of aliphatic carboxylic acids is 1. The second-order valence-electron chi connectivity index (χ2n) is 3.60. The predicted molar refractivity (Wildman–Crippen MR) is 64.5 cm³/mol. The molecule has 0 rings (SSSR count). The van der Waals surface area contributed by atoms with Crippen LogP contribution in [-0.2, 0) is 15.0 Å². The van der Waals surface area contributed by atoms with E-state index in [0.717, 1.165) is 4.31 Å². The fraction of sp³-hybridized carbons (Fsp3) is 0.700. The Bertz CT molecular complexity index is 386. The third-order valence-electron chi connectivity index (χ3n) is 2.22. The lowest BCUT2D eigenvalue weighted by molar-refractivity contribution is -0.137. The van der Waals surface area contributed by atoms with Gasteiger partial charge < -0.3 is 5.11 Å². The summed E-state index contributed by atoms with van der Waals surface area (Å²) in [4.78, 5) is 10.3. The highest BCUT2D eigenvalue weighted by molar-refractivity contribution is 7.87. The molecule has 0 aromatic carbocycles. The molecule has 0 aliphatic carbocycles. The molecule has 7 heteroatoms. The van der Waals surface area contributed by atoms with Crippen molar-refractivity contribution in [2.45, 2.75) is 32.2 Å². The number of nitrogens with zero attached hydrogens (tertiary/aromatic N) is 1. The minimum Gasteiger partial charge on any atom is -0.481 e. The maximum Gasteiger partial charge on any atom is 0.304 e. The molecule has 0 radical (unpaired) electrons. The Morgan fingerprint density at radius 2 is 2.18 bits per heavy atom. The molecule has 98 valence electrons. The Kier molecular flexibility index (Phi) is 6.80. The number of terminal acetylenes is 1. The summed E-state index contributed by atoms with van der Waals surface area (Å²) in [7, 11) is -2.34. The molecule has 0 aromatic heterocycles. The minimum absolute atomic E-state index is 0.0723. The van der Waals surface area contributed by atoms with E-state index in [-0.39, 0.29) is 19.0 Å². The molecular formula is C10H18N2O4S. The van der Waals surface area contributed by atoms with Crippen molar-refractivity contribution in [2.24, 2.45) is 0 Å². The van der Waals surface area contributed by atoms with Crippen molar-refractivity contribution in [3.63, 3.8) is 0 Å². The Hall–Kier alpha value is -1.10. The average molecular weight is 262 g/mol. The monoisotopic (exact) mass is 262 g/mol. The lowest BCUT2D eigenvalue weighted by atomic mass is 10.2. The molecule has 1 atom stereocenters. The standard InChI is InChI=1S/C10H18N2O4S/c1-4-6-9(5-2)11-17(15,16)12(3)8-7-10(13)14/h1,9,11H,5-8H2,2-3H3,(H,13,14). The van der Waals surface area contributed by atoms with Gasteiger partial charge in [0.15, 0.2) is 0 Å². The van der Waals surface area contributed by atoms with Crippen LogP contribution in [0.15, 0.2) is 0 Å². The van der Waals surface area contributed by atoms with Crippen LogP contribution in [0, 0.1) is 12.3 Å². The number of carbonyl (C=O) groups is 1. The van der Waals surface area contributed by atoms with Crippen LogP contribution in [0.25, 0.3) is 0 Å². The molecule has 0 saturated carbocycles. The molecule has 0 amide bonds. The Labute approximate surface area is 102 Å². The third-order valence-corrected chi connectivity index (χ3v) is 3.86. The van der Waals surface area contributed by atoms with Gasteiger partial charge >= 0.3 is 5.97 Å². The van der Waals surface area contributed by atoms with Gasteiger partial charge in [0, 0.05) is 26.1 Å². The number of hydrogen-bond donors (Lipinski definition) is 2. The molecule has 0 spiro atoms. The van der Waals surface area contributed by atoms with Crippen molar-refractivity contribution in [1.82, 2.24) is 9.03 Å². The predicted octanol–water partition coefficient (Wildman–Crippen LogP) is 0.0292. The Balaban J connectivity index is 4.45. The van der Waals surface area contributed by atoms with Gasteiger partial charge in [-0.25, -0.2) is 0 Å². The number of carboxylic acids is 1. The van der Waals surface area contributed by atoms with Crippen molar-refractivity contribution in [2.75, 3.05) is 13.6 Å². The second-order valence-corrected chi connectivity index (χ2v) is 5.41. The highest BCUT2D eigenvalue weighted by Crippen LogP contribution is 2.03. The Morgan fingerprint density at radius 1 is 1.59 bits per heavy atom. The fourth-order valence-electron chi connectivity index (χ4n) is 1.09. The van der Waals surface area contributed by atoms with Crippen LogP contribution in [-0.4, -0.2) is 43.4 Å². The normalized spacial score (nSPS) is 13.3. The summed E-state index contributed by atoms with van der Waals surface area (Å²) in [5.41, 5.74) is 0. The summed E-state index contributed by atoms with van der Waals surface area (Å²) in [6.45, 7) is 1.75. The van der Waals surface area contributed by atoms with E-state index in [9.17, 15) is 13.2 Å². The Morgan fingerprint density at radius 3 is 2.59 bits per heavy atom. The number of rotatable bonds is 8.